The van der Waals surface area contributed by atoms with Gasteiger partial charge in [0.2, 0.25) is 5.91 Å². The molecule has 0 fully saturated rings. The highest BCUT2D eigenvalue weighted by Crippen LogP contribution is 2.35. The molecule has 2 N–H and O–H groups in total. The van der Waals surface area contributed by atoms with E-state index in [1.807, 2.05) is 35.6 Å². The number of nitrogens with zero attached hydrogens (tertiary/aromatic N) is 2. The molecule has 6 nitrogen and oxygen atoms in total. The maximum atomic E-state index is 12.4. The van der Waals surface area contributed by atoms with E-state index in [1.54, 1.807) is 13.8 Å². The van der Waals surface area contributed by atoms with Gasteiger partial charge >= 0.3 is 6.18 Å². The number of benzene rings is 1. The van der Waals surface area contributed by atoms with Crippen LogP contribution in [0.4, 0.5) is 13.2 Å². The van der Waals surface area contributed by atoms with Gasteiger partial charge in [0.15, 0.2) is 0 Å². The standard InChI is InChI=1S/C20H21F3N4O2/c1-11-17(19(29)24-10-20(21,22)23)12(2)25-18(11)16-9-15(26-27(16)13(3)28)14-7-5-4-6-8-14/h4-8,16,25H,9-10H2,1-3H3,(H,24,29). The maximum absolute atomic E-state index is 12.4. The van der Waals surface area contributed by atoms with Gasteiger partial charge in [-0.25, -0.2) is 5.01 Å². The molecule has 29 heavy (non-hydrogen) atoms. The van der Waals surface area contributed by atoms with E-state index in [1.165, 1.54) is 11.9 Å². The number of carbonyl (C=O) groups excluding carboxylic acids is 2. The Morgan fingerprint density at radius 1 is 1.24 bits per heavy atom. The van der Waals surface area contributed by atoms with E-state index < -0.39 is 24.7 Å². The van der Waals surface area contributed by atoms with E-state index in [9.17, 15) is 22.8 Å². The van der Waals surface area contributed by atoms with Crippen molar-refractivity contribution in [1.82, 2.24) is 15.3 Å². The van der Waals surface area contributed by atoms with Gasteiger partial charge in [0.05, 0.1) is 11.3 Å². The van der Waals surface area contributed by atoms with E-state index in [-0.39, 0.29) is 11.5 Å². The average molecular weight is 406 g/mol. The van der Waals surface area contributed by atoms with Crippen molar-refractivity contribution in [3.63, 3.8) is 0 Å². The minimum atomic E-state index is -4.49. The Morgan fingerprint density at radius 3 is 2.48 bits per heavy atom. The monoisotopic (exact) mass is 406 g/mol. The van der Waals surface area contributed by atoms with Gasteiger partial charge in [-0.15, -0.1) is 0 Å². The second kappa shape index (κ2) is 7.73. The molecule has 1 aromatic heterocycles. The van der Waals surface area contributed by atoms with Crippen LogP contribution in [0.5, 0.6) is 0 Å². The van der Waals surface area contributed by atoms with Crippen molar-refractivity contribution >= 4 is 17.5 Å². The summed E-state index contributed by atoms with van der Waals surface area (Å²) in [4.78, 5) is 27.6. The largest absolute Gasteiger partial charge is 0.405 e. The highest BCUT2D eigenvalue weighted by Gasteiger charge is 2.35. The van der Waals surface area contributed by atoms with Crippen LogP contribution in [0.2, 0.25) is 0 Å². The highest BCUT2D eigenvalue weighted by atomic mass is 19.4. The number of hydrogen-bond acceptors (Lipinski definition) is 3. The van der Waals surface area contributed by atoms with Gasteiger partial charge in [0, 0.05) is 24.7 Å². The van der Waals surface area contributed by atoms with Gasteiger partial charge < -0.3 is 10.3 Å². The van der Waals surface area contributed by atoms with Crippen LogP contribution >= 0.6 is 0 Å². The smallest absolute Gasteiger partial charge is 0.360 e. The average Bonchev–Trinajstić information content (AvgIpc) is 3.21. The SMILES string of the molecule is CC(=O)N1N=C(c2ccccc2)CC1c1[nH]c(C)c(C(=O)NCC(F)(F)F)c1C. The number of carbonyl (C=O) groups is 2. The van der Waals surface area contributed by atoms with Crippen LogP contribution in [0.1, 0.15) is 52.3 Å². The third kappa shape index (κ3) is 4.33. The molecule has 1 atom stereocenters. The first-order chi connectivity index (χ1) is 13.6. The predicted octanol–water partition coefficient (Wildman–Crippen LogP) is 3.62. The molecule has 9 heteroatoms. The molecule has 2 amide bonds. The van der Waals surface area contributed by atoms with Gasteiger partial charge in [-0.05, 0) is 25.0 Å². The third-order valence-corrected chi connectivity index (χ3v) is 4.83. The Bertz CT molecular complexity index is 964. The van der Waals surface area contributed by atoms with Gasteiger partial charge in [-0.2, -0.15) is 18.3 Å². The van der Waals surface area contributed by atoms with Crippen molar-refractivity contribution in [2.75, 3.05) is 6.54 Å². The quantitative estimate of drug-likeness (QED) is 0.814. The number of rotatable bonds is 4. The third-order valence-electron chi connectivity index (χ3n) is 4.83. The summed E-state index contributed by atoms with van der Waals surface area (Å²) < 4.78 is 37.3. The summed E-state index contributed by atoms with van der Waals surface area (Å²) in [7, 11) is 0. The molecule has 3 rings (SSSR count). The molecule has 0 radical (unpaired) electrons. The van der Waals surface area contributed by atoms with Crippen LogP contribution in [0.25, 0.3) is 0 Å². The Labute approximate surface area is 165 Å². The number of nitrogens with one attached hydrogen (secondary N) is 2. The molecular formula is C20H21F3N4O2. The number of amides is 2. The summed E-state index contributed by atoms with van der Waals surface area (Å²) in [6, 6.07) is 8.94. The molecule has 154 valence electrons. The lowest BCUT2D eigenvalue weighted by Gasteiger charge is -2.20. The highest BCUT2D eigenvalue weighted by molar-refractivity contribution is 6.03. The second-order valence-electron chi connectivity index (χ2n) is 6.96. The first kappa shape index (κ1) is 20.6. The molecule has 1 aromatic carbocycles. The summed E-state index contributed by atoms with van der Waals surface area (Å²) in [6.45, 7) is 3.26. The molecule has 0 saturated carbocycles. The van der Waals surface area contributed by atoms with Crippen LogP contribution in [-0.2, 0) is 4.79 Å². The fraction of sp³-hybridized carbons (Fsp3) is 0.350. The number of halogens is 3. The lowest BCUT2D eigenvalue weighted by molar-refractivity contribution is -0.130. The van der Waals surface area contributed by atoms with Crippen molar-refractivity contribution in [2.45, 2.75) is 39.4 Å². The predicted molar refractivity (Wildman–Crippen MR) is 102 cm³/mol. The van der Waals surface area contributed by atoms with Crippen molar-refractivity contribution < 1.29 is 22.8 Å². The molecule has 1 aliphatic rings. The lowest BCUT2D eigenvalue weighted by atomic mass is 9.99. The van der Waals surface area contributed by atoms with Crippen LogP contribution in [0.3, 0.4) is 0 Å². The van der Waals surface area contributed by atoms with E-state index >= 15 is 0 Å². The molecule has 0 saturated heterocycles. The molecule has 1 aliphatic heterocycles. The number of hydrogen-bond donors (Lipinski definition) is 2. The summed E-state index contributed by atoms with van der Waals surface area (Å²) in [5.74, 6) is -1.08. The number of hydrazone groups is 1. The van der Waals surface area contributed by atoms with Crippen molar-refractivity contribution in [1.29, 1.82) is 0 Å². The maximum Gasteiger partial charge on any atom is 0.405 e. The fourth-order valence-electron chi connectivity index (χ4n) is 3.55. The minimum Gasteiger partial charge on any atom is -0.360 e. The summed E-state index contributed by atoms with van der Waals surface area (Å²) in [6.07, 6.45) is -4.07. The van der Waals surface area contributed by atoms with E-state index in [4.69, 9.17) is 0 Å². The van der Waals surface area contributed by atoms with Crippen LogP contribution < -0.4 is 5.32 Å². The van der Waals surface area contributed by atoms with Crippen molar-refractivity contribution in [2.24, 2.45) is 5.10 Å². The van der Waals surface area contributed by atoms with Crippen LogP contribution in [0, 0.1) is 13.8 Å². The number of aromatic amines is 1. The first-order valence-electron chi connectivity index (χ1n) is 9.05. The number of aromatic nitrogens is 1. The number of alkyl halides is 3. The zero-order valence-corrected chi connectivity index (χ0v) is 16.2. The molecule has 2 heterocycles. The Kier molecular flexibility index (Phi) is 5.50. The molecule has 0 spiro atoms. The summed E-state index contributed by atoms with van der Waals surface area (Å²) in [5.41, 5.74) is 3.29. The van der Waals surface area contributed by atoms with Crippen LogP contribution in [0.15, 0.2) is 35.4 Å². The normalized spacial score (nSPS) is 16.7. The van der Waals surface area contributed by atoms with Gasteiger partial charge in [-0.3, -0.25) is 9.59 Å². The van der Waals surface area contributed by atoms with Crippen LogP contribution in [-0.4, -0.2) is 40.2 Å². The molecule has 0 aliphatic carbocycles. The fourth-order valence-corrected chi connectivity index (χ4v) is 3.55. The van der Waals surface area contributed by atoms with Gasteiger partial charge in [0.1, 0.15) is 12.6 Å². The number of H-pyrrole nitrogens is 1. The van der Waals surface area contributed by atoms with Gasteiger partial charge in [-0.1, -0.05) is 30.3 Å². The van der Waals surface area contributed by atoms with Gasteiger partial charge in [0.25, 0.3) is 5.91 Å². The Balaban J connectivity index is 1.90. The second-order valence-corrected chi connectivity index (χ2v) is 6.96. The van der Waals surface area contributed by atoms with Crippen molar-refractivity contribution in [3.8, 4) is 0 Å². The lowest BCUT2D eigenvalue weighted by Crippen LogP contribution is -2.34. The van der Waals surface area contributed by atoms with E-state index in [0.717, 1.165) is 11.3 Å². The van der Waals surface area contributed by atoms with E-state index in [2.05, 4.69) is 10.1 Å². The summed E-state index contributed by atoms with van der Waals surface area (Å²) in [5, 5.41) is 7.69. The molecule has 2 aromatic rings. The molecule has 0 bridgehead atoms. The number of aryl methyl sites for hydroxylation is 1. The molecule has 1 unspecified atom stereocenters. The van der Waals surface area contributed by atoms with Crippen molar-refractivity contribution in [3.05, 3.63) is 58.4 Å². The Hall–Kier alpha value is -3.10. The zero-order valence-electron chi connectivity index (χ0n) is 16.2. The Morgan fingerprint density at radius 2 is 1.90 bits per heavy atom. The first-order valence-corrected chi connectivity index (χ1v) is 9.05. The molecular weight excluding hydrogens is 385 g/mol. The minimum absolute atomic E-state index is 0.154. The summed E-state index contributed by atoms with van der Waals surface area (Å²) >= 11 is 0. The topological polar surface area (TPSA) is 77.6 Å². The van der Waals surface area contributed by atoms with E-state index in [0.29, 0.717) is 23.4 Å². The zero-order chi connectivity index (χ0) is 21.3.